The number of hydrogen-bond acceptors (Lipinski definition) is 5. The molecule has 0 atom stereocenters. The van der Waals surface area contributed by atoms with E-state index in [0.29, 0.717) is 36.3 Å². The number of aromatic nitrogens is 2. The van der Waals surface area contributed by atoms with E-state index in [1.54, 1.807) is 25.1 Å². The van der Waals surface area contributed by atoms with Crippen LogP contribution in [0, 0.1) is 6.92 Å². The van der Waals surface area contributed by atoms with Crippen LogP contribution < -0.4 is 11.2 Å². The van der Waals surface area contributed by atoms with Gasteiger partial charge in [-0.2, -0.15) is 0 Å². The topological polar surface area (TPSA) is 81.3 Å². The second kappa shape index (κ2) is 7.59. The highest BCUT2D eigenvalue weighted by Crippen LogP contribution is 2.30. The Hall–Kier alpha value is -1.93. The molecule has 0 amide bonds. The molecular weight excluding hydrogens is 411 g/mol. The first kappa shape index (κ1) is 19.8. The van der Waals surface area contributed by atoms with Crippen molar-refractivity contribution in [2.24, 2.45) is 0 Å². The van der Waals surface area contributed by atoms with Crippen molar-refractivity contribution < 1.29 is 9.90 Å². The number of aliphatic hydroxyl groups is 1. The lowest BCUT2D eigenvalue weighted by molar-refractivity contribution is 0.102. The zero-order valence-corrected chi connectivity index (χ0v) is 16.9. The highest BCUT2D eigenvalue weighted by molar-refractivity contribution is 7.20. The van der Waals surface area contributed by atoms with Gasteiger partial charge in [0.2, 0.25) is 0 Å². The molecule has 9 heteroatoms. The van der Waals surface area contributed by atoms with E-state index < -0.39 is 11.2 Å². The van der Waals surface area contributed by atoms with Crippen molar-refractivity contribution in [3.63, 3.8) is 0 Å². The molecule has 3 rings (SSSR count). The first-order valence-electron chi connectivity index (χ1n) is 8.09. The average molecular weight is 427 g/mol. The second-order valence-corrected chi connectivity index (χ2v) is 7.86. The van der Waals surface area contributed by atoms with Gasteiger partial charge >= 0.3 is 5.69 Å². The van der Waals surface area contributed by atoms with Crippen LogP contribution in [0.25, 0.3) is 10.2 Å². The number of thiophene rings is 1. The van der Waals surface area contributed by atoms with Crippen molar-refractivity contribution in [1.29, 1.82) is 0 Å². The standard InChI is InChI=1S/C18H16Cl2N2O4S/c1-9-14-16(25)21(6-7-23)18(26)22(17(14)27-15(9)10(2)24)8-11-12(19)4-3-5-13(11)20/h3-5,23H,6-8H2,1-2H3. The quantitative estimate of drug-likeness (QED) is 0.635. The van der Waals surface area contributed by atoms with E-state index >= 15 is 0 Å². The van der Waals surface area contributed by atoms with Gasteiger partial charge in [-0.1, -0.05) is 29.3 Å². The molecule has 6 nitrogen and oxygen atoms in total. The van der Waals surface area contributed by atoms with Crippen molar-refractivity contribution in [1.82, 2.24) is 9.13 Å². The van der Waals surface area contributed by atoms with E-state index in [2.05, 4.69) is 0 Å². The van der Waals surface area contributed by atoms with Crippen LogP contribution in [0.2, 0.25) is 10.0 Å². The summed E-state index contributed by atoms with van der Waals surface area (Å²) in [6, 6.07) is 5.02. The Balaban J connectivity index is 2.40. The number of carbonyl (C=O) groups is 1. The predicted octanol–water partition coefficient (Wildman–Crippen LogP) is 3.08. The van der Waals surface area contributed by atoms with Crippen LogP contribution in [0.15, 0.2) is 27.8 Å². The Morgan fingerprint density at radius 1 is 1.19 bits per heavy atom. The van der Waals surface area contributed by atoms with Crippen molar-refractivity contribution in [2.75, 3.05) is 6.61 Å². The molecule has 0 saturated heterocycles. The Morgan fingerprint density at radius 3 is 2.37 bits per heavy atom. The fourth-order valence-electron chi connectivity index (χ4n) is 3.01. The maximum atomic E-state index is 13.0. The van der Waals surface area contributed by atoms with Gasteiger partial charge in [0, 0.05) is 15.6 Å². The number of aryl methyl sites for hydroxylation is 1. The number of Topliss-reactive ketones (excluding diaryl/α,β-unsaturated/α-hetero) is 1. The smallest absolute Gasteiger partial charge is 0.332 e. The number of aliphatic hydroxyl groups excluding tert-OH is 1. The molecule has 1 N–H and O–H groups in total. The van der Waals surface area contributed by atoms with Gasteiger partial charge in [-0.3, -0.25) is 18.7 Å². The number of carbonyl (C=O) groups excluding carboxylic acids is 1. The van der Waals surface area contributed by atoms with Gasteiger partial charge in [0.25, 0.3) is 5.56 Å². The maximum absolute atomic E-state index is 13.0. The molecule has 0 bridgehead atoms. The molecule has 0 fully saturated rings. The average Bonchev–Trinajstić information content (AvgIpc) is 2.95. The number of benzene rings is 1. The van der Waals surface area contributed by atoms with Gasteiger partial charge in [-0.25, -0.2) is 4.79 Å². The lowest BCUT2D eigenvalue weighted by atomic mass is 10.1. The van der Waals surface area contributed by atoms with Gasteiger partial charge in [0.15, 0.2) is 5.78 Å². The molecule has 142 valence electrons. The maximum Gasteiger partial charge on any atom is 0.332 e. The van der Waals surface area contributed by atoms with E-state index in [1.807, 2.05) is 0 Å². The third-order valence-corrected chi connectivity index (χ3v) is 6.44. The highest BCUT2D eigenvalue weighted by Gasteiger charge is 2.22. The SMILES string of the molecule is CC(=O)c1sc2c(c1C)c(=O)n(CCO)c(=O)n2Cc1c(Cl)cccc1Cl. The summed E-state index contributed by atoms with van der Waals surface area (Å²) in [7, 11) is 0. The van der Waals surface area contributed by atoms with Crippen LogP contribution in [0.1, 0.15) is 27.7 Å². The van der Waals surface area contributed by atoms with Crippen molar-refractivity contribution in [3.05, 3.63) is 65.1 Å². The minimum atomic E-state index is -0.589. The minimum Gasteiger partial charge on any atom is -0.395 e. The molecule has 0 saturated carbocycles. The summed E-state index contributed by atoms with van der Waals surface area (Å²) in [5, 5.41) is 10.3. The minimum absolute atomic E-state index is 0.0385. The largest absolute Gasteiger partial charge is 0.395 e. The van der Waals surface area contributed by atoms with Gasteiger partial charge in [-0.05, 0) is 31.5 Å². The zero-order chi connectivity index (χ0) is 19.9. The molecule has 1 aromatic carbocycles. The fourth-order valence-corrected chi connectivity index (χ4v) is 4.71. The van der Waals surface area contributed by atoms with Crippen LogP contribution in [0.5, 0.6) is 0 Å². The molecule has 0 unspecified atom stereocenters. The lowest BCUT2D eigenvalue weighted by Crippen LogP contribution is -2.40. The zero-order valence-electron chi connectivity index (χ0n) is 14.6. The number of nitrogens with zero attached hydrogens (tertiary/aromatic N) is 2. The summed E-state index contributed by atoms with van der Waals surface area (Å²) >= 11 is 13.6. The van der Waals surface area contributed by atoms with Crippen LogP contribution in [-0.2, 0) is 13.1 Å². The van der Waals surface area contributed by atoms with E-state index in [4.69, 9.17) is 23.2 Å². The molecule has 0 aliphatic carbocycles. The summed E-state index contributed by atoms with van der Waals surface area (Å²) in [4.78, 5) is 38.5. The number of rotatable bonds is 5. The molecule has 2 heterocycles. The Bertz CT molecular complexity index is 1160. The third kappa shape index (κ3) is 3.36. The molecule has 2 aromatic heterocycles. The first-order valence-corrected chi connectivity index (χ1v) is 9.66. The Morgan fingerprint density at radius 2 is 1.81 bits per heavy atom. The van der Waals surface area contributed by atoms with Crippen LogP contribution in [-0.4, -0.2) is 26.6 Å². The van der Waals surface area contributed by atoms with Crippen LogP contribution in [0.4, 0.5) is 0 Å². The summed E-state index contributed by atoms with van der Waals surface area (Å²) < 4.78 is 2.35. The number of fused-ring (bicyclic) bond motifs is 1. The van der Waals surface area contributed by atoms with Gasteiger partial charge < -0.3 is 5.11 Å². The lowest BCUT2D eigenvalue weighted by Gasteiger charge is -2.13. The van der Waals surface area contributed by atoms with Crippen molar-refractivity contribution in [2.45, 2.75) is 26.9 Å². The van der Waals surface area contributed by atoms with E-state index in [1.165, 1.54) is 11.5 Å². The molecule has 0 aliphatic rings. The molecule has 3 aromatic rings. The van der Waals surface area contributed by atoms with E-state index in [0.717, 1.165) is 15.9 Å². The summed E-state index contributed by atoms with van der Waals surface area (Å²) in [6.45, 7) is 2.62. The second-order valence-electron chi connectivity index (χ2n) is 6.04. The molecule has 27 heavy (non-hydrogen) atoms. The van der Waals surface area contributed by atoms with E-state index in [9.17, 15) is 19.5 Å². The van der Waals surface area contributed by atoms with Crippen LogP contribution in [0.3, 0.4) is 0 Å². The van der Waals surface area contributed by atoms with Crippen molar-refractivity contribution in [3.8, 4) is 0 Å². The normalized spacial score (nSPS) is 11.3. The molecular formula is C18H16Cl2N2O4S. The number of hydrogen-bond donors (Lipinski definition) is 1. The third-order valence-electron chi connectivity index (χ3n) is 4.32. The number of halogens is 2. The van der Waals surface area contributed by atoms with Gasteiger partial charge in [0.05, 0.1) is 30.0 Å². The summed E-state index contributed by atoms with van der Waals surface area (Å²) in [5.41, 5.74) is -0.0484. The number of ketones is 1. The highest BCUT2D eigenvalue weighted by atomic mass is 35.5. The Labute approximate surface area is 168 Å². The van der Waals surface area contributed by atoms with Crippen molar-refractivity contribution >= 4 is 50.5 Å². The van der Waals surface area contributed by atoms with Gasteiger partial charge in [-0.15, -0.1) is 11.3 Å². The van der Waals surface area contributed by atoms with Gasteiger partial charge in [0.1, 0.15) is 4.83 Å². The predicted molar refractivity (Wildman–Crippen MR) is 108 cm³/mol. The monoisotopic (exact) mass is 426 g/mol. The fraction of sp³-hybridized carbons (Fsp3) is 0.278. The van der Waals surface area contributed by atoms with Crippen LogP contribution >= 0.6 is 34.5 Å². The molecule has 0 aliphatic heterocycles. The summed E-state index contributed by atoms with van der Waals surface area (Å²) in [6.07, 6.45) is 0. The van der Waals surface area contributed by atoms with E-state index in [-0.39, 0.29) is 25.5 Å². The summed E-state index contributed by atoms with van der Waals surface area (Å²) in [5.74, 6) is -0.184. The molecule has 0 spiro atoms. The first-order chi connectivity index (χ1) is 12.8. The molecule has 0 radical (unpaired) electrons. The Kier molecular flexibility index (Phi) is 5.58.